The van der Waals surface area contributed by atoms with E-state index in [-0.39, 0.29) is 42.7 Å². The molecule has 0 saturated carbocycles. The van der Waals surface area contributed by atoms with E-state index in [9.17, 15) is 26.4 Å². The number of hydrogen-bond donors (Lipinski definition) is 0. The van der Waals surface area contributed by atoms with Crippen LogP contribution in [-0.4, -0.2) is 54.7 Å². The third kappa shape index (κ3) is 4.11. The summed E-state index contributed by atoms with van der Waals surface area (Å²) in [6.07, 6.45) is -3.03. The van der Waals surface area contributed by atoms with E-state index in [0.717, 1.165) is 28.6 Å². The molecule has 0 bridgehead atoms. The van der Waals surface area contributed by atoms with Gasteiger partial charge in [0.2, 0.25) is 10.0 Å². The predicted octanol–water partition coefficient (Wildman–Crippen LogP) is 2.25. The molecule has 0 aliphatic carbocycles. The zero-order valence-electron chi connectivity index (χ0n) is 14.1. The molecule has 3 rings (SSSR count). The number of pyridine rings is 1. The Morgan fingerprint density at radius 2 is 1.59 bits per heavy atom. The van der Waals surface area contributed by atoms with Crippen molar-refractivity contribution in [2.75, 3.05) is 26.2 Å². The molecule has 1 saturated heterocycles. The molecule has 1 fully saturated rings. The van der Waals surface area contributed by atoms with Crippen molar-refractivity contribution in [2.24, 2.45) is 0 Å². The highest BCUT2D eigenvalue weighted by molar-refractivity contribution is 7.89. The van der Waals surface area contributed by atoms with Gasteiger partial charge in [0.25, 0.3) is 5.91 Å². The monoisotopic (exact) mass is 399 g/mol. The number of alkyl halides is 3. The van der Waals surface area contributed by atoms with Gasteiger partial charge in [-0.15, -0.1) is 0 Å². The van der Waals surface area contributed by atoms with Crippen LogP contribution in [0.2, 0.25) is 0 Å². The van der Waals surface area contributed by atoms with Crippen LogP contribution in [0.25, 0.3) is 0 Å². The van der Waals surface area contributed by atoms with Crippen LogP contribution in [0.3, 0.4) is 0 Å². The molecule has 0 radical (unpaired) electrons. The molecule has 2 heterocycles. The summed E-state index contributed by atoms with van der Waals surface area (Å²) >= 11 is 0. The fourth-order valence-corrected chi connectivity index (χ4v) is 4.17. The van der Waals surface area contributed by atoms with Crippen molar-refractivity contribution >= 4 is 15.9 Å². The third-order valence-corrected chi connectivity index (χ3v) is 6.14. The number of carbonyl (C=O) groups excluding carboxylic acids is 1. The SMILES string of the molecule is O=C(c1ccccn1)N1CCN(S(=O)(=O)c2ccc(C(F)(F)F)cc2)CC1. The molecule has 10 heteroatoms. The van der Waals surface area contributed by atoms with Crippen LogP contribution < -0.4 is 0 Å². The summed E-state index contributed by atoms with van der Waals surface area (Å²) in [5.74, 6) is -0.290. The molecule has 27 heavy (non-hydrogen) atoms. The minimum atomic E-state index is -4.53. The molecule has 2 aromatic rings. The number of nitrogens with zero attached hydrogens (tertiary/aromatic N) is 3. The van der Waals surface area contributed by atoms with E-state index in [1.165, 1.54) is 11.1 Å². The lowest BCUT2D eigenvalue weighted by atomic mass is 10.2. The van der Waals surface area contributed by atoms with Crippen LogP contribution in [0.5, 0.6) is 0 Å². The van der Waals surface area contributed by atoms with Crippen LogP contribution in [-0.2, 0) is 16.2 Å². The highest BCUT2D eigenvalue weighted by Gasteiger charge is 2.33. The van der Waals surface area contributed by atoms with Gasteiger partial charge < -0.3 is 4.90 Å². The number of piperazine rings is 1. The average molecular weight is 399 g/mol. The average Bonchev–Trinajstić information content (AvgIpc) is 2.67. The first-order valence-electron chi connectivity index (χ1n) is 8.07. The quantitative estimate of drug-likeness (QED) is 0.794. The fraction of sp³-hybridized carbons (Fsp3) is 0.294. The van der Waals surface area contributed by atoms with Gasteiger partial charge >= 0.3 is 6.18 Å². The Bertz CT molecular complexity index is 908. The first-order valence-corrected chi connectivity index (χ1v) is 9.51. The van der Waals surface area contributed by atoms with Crippen LogP contribution in [0.1, 0.15) is 16.1 Å². The Hall–Kier alpha value is -2.46. The Balaban J connectivity index is 1.69. The summed E-state index contributed by atoms with van der Waals surface area (Å²) in [5, 5.41) is 0. The number of amides is 1. The highest BCUT2D eigenvalue weighted by atomic mass is 32.2. The van der Waals surface area contributed by atoms with Gasteiger partial charge in [-0.2, -0.15) is 17.5 Å². The van der Waals surface area contributed by atoms with Gasteiger partial charge in [-0.05, 0) is 36.4 Å². The molecule has 1 aliphatic heterocycles. The standard InChI is InChI=1S/C17H16F3N3O3S/c18-17(19,20)13-4-6-14(7-5-13)27(25,26)23-11-9-22(10-12-23)16(24)15-3-1-2-8-21-15/h1-8H,9-12H2. The normalized spacial score (nSPS) is 16.3. The summed E-state index contributed by atoms with van der Waals surface area (Å²) in [5.41, 5.74) is -0.635. The lowest BCUT2D eigenvalue weighted by Crippen LogP contribution is -2.50. The molecule has 1 amide bonds. The number of benzene rings is 1. The smallest absolute Gasteiger partial charge is 0.335 e. The van der Waals surface area contributed by atoms with Crippen molar-refractivity contribution < 1.29 is 26.4 Å². The number of aromatic nitrogens is 1. The second-order valence-electron chi connectivity index (χ2n) is 5.93. The lowest BCUT2D eigenvalue weighted by Gasteiger charge is -2.33. The van der Waals surface area contributed by atoms with Gasteiger partial charge in [-0.1, -0.05) is 6.07 Å². The zero-order chi connectivity index (χ0) is 19.7. The van der Waals surface area contributed by atoms with Crippen molar-refractivity contribution in [2.45, 2.75) is 11.1 Å². The highest BCUT2D eigenvalue weighted by Crippen LogP contribution is 2.30. The first kappa shape index (κ1) is 19.3. The molecule has 1 aliphatic rings. The van der Waals surface area contributed by atoms with E-state index in [1.807, 2.05) is 0 Å². The fourth-order valence-electron chi connectivity index (χ4n) is 2.75. The maximum atomic E-state index is 12.6. The Labute approximate surface area is 154 Å². The number of halogens is 3. The lowest BCUT2D eigenvalue weighted by molar-refractivity contribution is -0.137. The summed E-state index contributed by atoms with van der Waals surface area (Å²) in [6.45, 7) is 0.467. The molecular formula is C17H16F3N3O3S. The second-order valence-corrected chi connectivity index (χ2v) is 7.87. The Morgan fingerprint density at radius 3 is 2.11 bits per heavy atom. The van der Waals surface area contributed by atoms with Crippen molar-refractivity contribution in [3.05, 3.63) is 59.9 Å². The minimum absolute atomic E-state index is 0.0575. The van der Waals surface area contributed by atoms with Gasteiger partial charge in [-0.3, -0.25) is 9.78 Å². The van der Waals surface area contributed by atoms with E-state index in [1.54, 1.807) is 18.2 Å². The summed E-state index contributed by atoms with van der Waals surface area (Å²) in [4.78, 5) is 17.6. The second kappa shape index (κ2) is 7.28. The summed E-state index contributed by atoms with van der Waals surface area (Å²) in [7, 11) is -3.93. The van der Waals surface area contributed by atoms with Crippen LogP contribution >= 0.6 is 0 Å². The van der Waals surface area contributed by atoms with Gasteiger partial charge in [0.1, 0.15) is 5.69 Å². The predicted molar refractivity (Wildman–Crippen MR) is 90.3 cm³/mol. The van der Waals surface area contributed by atoms with Gasteiger partial charge in [0, 0.05) is 32.4 Å². The molecule has 144 valence electrons. The summed E-state index contributed by atoms with van der Waals surface area (Å²) in [6, 6.07) is 8.33. The van der Waals surface area contributed by atoms with Crippen LogP contribution in [0.15, 0.2) is 53.6 Å². The van der Waals surface area contributed by atoms with Crippen molar-refractivity contribution in [1.29, 1.82) is 0 Å². The number of rotatable bonds is 3. The van der Waals surface area contributed by atoms with E-state index in [2.05, 4.69) is 4.98 Å². The molecular weight excluding hydrogens is 383 g/mol. The zero-order valence-corrected chi connectivity index (χ0v) is 14.9. The molecule has 1 aromatic carbocycles. The number of carbonyl (C=O) groups is 1. The van der Waals surface area contributed by atoms with Crippen molar-refractivity contribution in [3.8, 4) is 0 Å². The van der Waals surface area contributed by atoms with Gasteiger partial charge in [0.15, 0.2) is 0 Å². The van der Waals surface area contributed by atoms with Crippen LogP contribution in [0, 0.1) is 0 Å². The van der Waals surface area contributed by atoms with Crippen molar-refractivity contribution in [3.63, 3.8) is 0 Å². The first-order chi connectivity index (χ1) is 12.7. The number of hydrogen-bond acceptors (Lipinski definition) is 4. The maximum Gasteiger partial charge on any atom is 0.416 e. The van der Waals surface area contributed by atoms with E-state index in [0.29, 0.717) is 0 Å². The molecule has 0 atom stereocenters. The number of sulfonamides is 1. The summed E-state index contributed by atoms with van der Waals surface area (Å²) < 4.78 is 64.3. The molecule has 1 aromatic heterocycles. The Morgan fingerprint density at radius 1 is 0.963 bits per heavy atom. The van der Waals surface area contributed by atoms with Crippen molar-refractivity contribution in [1.82, 2.24) is 14.2 Å². The Kier molecular flexibility index (Phi) is 5.20. The van der Waals surface area contributed by atoms with Gasteiger partial charge in [-0.25, -0.2) is 8.42 Å². The minimum Gasteiger partial charge on any atom is -0.335 e. The largest absolute Gasteiger partial charge is 0.416 e. The van der Waals surface area contributed by atoms with E-state index < -0.39 is 21.8 Å². The van der Waals surface area contributed by atoms with Crippen LogP contribution in [0.4, 0.5) is 13.2 Å². The van der Waals surface area contributed by atoms with E-state index >= 15 is 0 Å². The molecule has 6 nitrogen and oxygen atoms in total. The van der Waals surface area contributed by atoms with Gasteiger partial charge in [0.05, 0.1) is 10.5 Å². The molecule has 0 unspecified atom stereocenters. The molecule has 0 spiro atoms. The maximum absolute atomic E-state index is 12.6. The van der Waals surface area contributed by atoms with E-state index in [4.69, 9.17) is 0 Å². The topological polar surface area (TPSA) is 70.6 Å². The molecule has 0 N–H and O–H groups in total. The third-order valence-electron chi connectivity index (χ3n) is 4.23.